The standard InChI is InChI=1S/C28H21BrO5/c1-3-12-32-20-9-5-7-18(15-20)26(31)28-24(17-6-4-8-19(29)14-17)25-22(33-28)11-10-21-16(2)13-23(30)34-27(21)25/h4-11,13-15H,3,12H2,1-2H3. The Morgan fingerprint density at radius 1 is 1.00 bits per heavy atom. The number of furan rings is 1. The van der Waals surface area contributed by atoms with Gasteiger partial charge in [0.15, 0.2) is 5.76 Å². The SMILES string of the molecule is CCCOc1cccc(C(=O)c2oc3ccc4c(C)cc(=O)oc4c3c2-c2cccc(Br)c2)c1. The van der Waals surface area contributed by atoms with Crippen LogP contribution in [0.15, 0.2) is 84.8 Å². The zero-order valence-electron chi connectivity index (χ0n) is 18.7. The molecule has 0 aliphatic heterocycles. The van der Waals surface area contributed by atoms with Gasteiger partial charge in [0.2, 0.25) is 5.78 Å². The number of rotatable bonds is 6. The third-order valence-electron chi connectivity index (χ3n) is 5.66. The van der Waals surface area contributed by atoms with Gasteiger partial charge in [-0.3, -0.25) is 4.79 Å². The minimum Gasteiger partial charge on any atom is -0.494 e. The molecule has 2 aromatic heterocycles. The van der Waals surface area contributed by atoms with E-state index in [-0.39, 0.29) is 11.5 Å². The van der Waals surface area contributed by atoms with Crippen LogP contribution in [0.25, 0.3) is 33.1 Å². The van der Waals surface area contributed by atoms with Gasteiger partial charge >= 0.3 is 5.63 Å². The van der Waals surface area contributed by atoms with Crippen LogP contribution in [0.1, 0.15) is 35.0 Å². The summed E-state index contributed by atoms with van der Waals surface area (Å²) in [5, 5.41) is 1.39. The minimum atomic E-state index is -0.451. The summed E-state index contributed by atoms with van der Waals surface area (Å²) in [5.74, 6) is 0.522. The summed E-state index contributed by atoms with van der Waals surface area (Å²) >= 11 is 3.52. The molecule has 0 saturated heterocycles. The third kappa shape index (κ3) is 3.94. The molecule has 0 aliphatic rings. The first kappa shape index (κ1) is 22.2. The van der Waals surface area contributed by atoms with E-state index in [2.05, 4.69) is 15.9 Å². The number of benzene rings is 3. The molecular formula is C28H21BrO5. The summed E-state index contributed by atoms with van der Waals surface area (Å²) in [6.07, 6.45) is 0.868. The monoisotopic (exact) mass is 516 g/mol. The molecule has 0 atom stereocenters. The van der Waals surface area contributed by atoms with E-state index in [0.29, 0.717) is 40.0 Å². The van der Waals surface area contributed by atoms with Crippen molar-refractivity contribution in [3.8, 4) is 16.9 Å². The number of hydrogen-bond donors (Lipinski definition) is 0. The van der Waals surface area contributed by atoms with Crippen molar-refractivity contribution in [2.24, 2.45) is 0 Å². The van der Waals surface area contributed by atoms with Gasteiger partial charge in [0.1, 0.15) is 16.9 Å². The maximum Gasteiger partial charge on any atom is 0.336 e. The molecule has 0 spiro atoms. The summed E-state index contributed by atoms with van der Waals surface area (Å²) < 4.78 is 18.4. The van der Waals surface area contributed by atoms with Gasteiger partial charge in [-0.05, 0) is 60.9 Å². The normalized spacial score (nSPS) is 11.3. The van der Waals surface area contributed by atoms with Gasteiger partial charge in [-0.1, -0.05) is 47.1 Å². The van der Waals surface area contributed by atoms with Crippen molar-refractivity contribution in [1.82, 2.24) is 0 Å². The first-order valence-corrected chi connectivity index (χ1v) is 11.8. The smallest absolute Gasteiger partial charge is 0.336 e. The second-order valence-electron chi connectivity index (χ2n) is 8.09. The number of aryl methyl sites for hydroxylation is 1. The van der Waals surface area contributed by atoms with E-state index in [1.54, 1.807) is 18.2 Å². The third-order valence-corrected chi connectivity index (χ3v) is 6.15. The van der Waals surface area contributed by atoms with E-state index in [0.717, 1.165) is 27.4 Å². The van der Waals surface area contributed by atoms with Crippen molar-refractivity contribution in [3.05, 3.63) is 98.5 Å². The summed E-state index contributed by atoms with van der Waals surface area (Å²) in [7, 11) is 0. The predicted octanol–water partition coefficient (Wildman–Crippen LogP) is 7.30. The Morgan fingerprint density at radius 3 is 2.62 bits per heavy atom. The zero-order valence-corrected chi connectivity index (χ0v) is 20.3. The highest BCUT2D eigenvalue weighted by Crippen LogP contribution is 2.41. The van der Waals surface area contributed by atoms with Crippen molar-refractivity contribution in [2.45, 2.75) is 20.3 Å². The van der Waals surface area contributed by atoms with E-state index in [9.17, 15) is 9.59 Å². The van der Waals surface area contributed by atoms with E-state index in [1.165, 1.54) is 6.07 Å². The maximum absolute atomic E-state index is 13.7. The number of fused-ring (bicyclic) bond motifs is 3. The fourth-order valence-electron chi connectivity index (χ4n) is 4.12. The average molecular weight is 517 g/mol. The lowest BCUT2D eigenvalue weighted by Gasteiger charge is -2.08. The quantitative estimate of drug-likeness (QED) is 0.175. The summed E-state index contributed by atoms with van der Waals surface area (Å²) in [6.45, 7) is 4.45. The van der Waals surface area contributed by atoms with Gasteiger partial charge < -0.3 is 13.6 Å². The number of hydrogen-bond acceptors (Lipinski definition) is 5. The van der Waals surface area contributed by atoms with E-state index in [1.807, 2.05) is 56.3 Å². The van der Waals surface area contributed by atoms with Crippen LogP contribution in [0.4, 0.5) is 0 Å². The zero-order chi connectivity index (χ0) is 23.8. The second-order valence-corrected chi connectivity index (χ2v) is 9.00. The van der Waals surface area contributed by atoms with Crippen LogP contribution in [0.5, 0.6) is 5.75 Å². The molecule has 5 aromatic rings. The average Bonchev–Trinajstić information content (AvgIpc) is 3.22. The lowest BCUT2D eigenvalue weighted by Crippen LogP contribution is -2.03. The van der Waals surface area contributed by atoms with Crippen LogP contribution in [0, 0.1) is 6.92 Å². The molecule has 0 bridgehead atoms. The molecule has 3 aromatic carbocycles. The maximum atomic E-state index is 13.7. The second kappa shape index (κ2) is 8.95. The highest BCUT2D eigenvalue weighted by atomic mass is 79.9. The topological polar surface area (TPSA) is 69.7 Å². The van der Waals surface area contributed by atoms with Gasteiger partial charge in [-0.2, -0.15) is 0 Å². The Labute approximate surface area is 204 Å². The molecule has 6 heteroatoms. The number of ether oxygens (including phenoxy) is 1. The van der Waals surface area contributed by atoms with Crippen molar-refractivity contribution in [1.29, 1.82) is 0 Å². The van der Waals surface area contributed by atoms with Gasteiger partial charge in [-0.25, -0.2) is 4.79 Å². The van der Waals surface area contributed by atoms with E-state index < -0.39 is 5.63 Å². The van der Waals surface area contributed by atoms with Gasteiger partial charge in [0.05, 0.1) is 12.0 Å². The minimum absolute atomic E-state index is 0.178. The first-order valence-electron chi connectivity index (χ1n) is 11.0. The van der Waals surface area contributed by atoms with Gasteiger partial charge in [-0.15, -0.1) is 0 Å². The molecule has 0 fully saturated rings. The van der Waals surface area contributed by atoms with Crippen LogP contribution in [0.3, 0.4) is 0 Å². The number of carbonyl (C=O) groups excluding carboxylic acids is 1. The van der Waals surface area contributed by atoms with Crippen molar-refractivity contribution < 1.29 is 18.4 Å². The number of carbonyl (C=O) groups is 1. The predicted molar refractivity (Wildman–Crippen MR) is 136 cm³/mol. The first-order chi connectivity index (χ1) is 16.5. The Balaban J connectivity index is 1.80. The molecule has 0 radical (unpaired) electrons. The van der Waals surface area contributed by atoms with Gasteiger partial charge in [0, 0.05) is 27.1 Å². The Hall–Kier alpha value is -3.64. The molecule has 0 amide bonds. The van der Waals surface area contributed by atoms with Crippen LogP contribution < -0.4 is 10.4 Å². The Bertz CT molecular complexity index is 1610. The van der Waals surface area contributed by atoms with Crippen molar-refractivity contribution >= 4 is 43.7 Å². The van der Waals surface area contributed by atoms with Crippen molar-refractivity contribution in [2.75, 3.05) is 6.61 Å². The highest BCUT2D eigenvalue weighted by molar-refractivity contribution is 9.10. The fourth-order valence-corrected chi connectivity index (χ4v) is 4.52. The van der Waals surface area contributed by atoms with Crippen LogP contribution >= 0.6 is 15.9 Å². The molecule has 170 valence electrons. The Morgan fingerprint density at radius 2 is 1.82 bits per heavy atom. The molecule has 0 N–H and O–H groups in total. The molecule has 5 nitrogen and oxygen atoms in total. The summed E-state index contributed by atoms with van der Waals surface area (Å²) in [4.78, 5) is 26.0. The van der Waals surface area contributed by atoms with Crippen molar-refractivity contribution in [3.63, 3.8) is 0 Å². The van der Waals surface area contributed by atoms with E-state index in [4.69, 9.17) is 13.6 Å². The summed E-state index contributed by atoms with van der Waals surface area (Å²) in [6, 6.07) is 19.8. The van der Waals surface area contributed by atoms with Crippen LogP contribution in [0.2, 0.25) is 0 Å². The fraction of sp³-hybridized carbons (Fsp3) is 0.143. The Kier molecular flexibility index (Phi) is 5.84. The molecule has 5 rings (SSSR count). The highest BCUT2D eigenvalue weighted by Gasteiger charge is 2.26. The van der Waals surface area contributed by atoms with Crippen LogP contribution in [-0.4, -0.2) is 12.4 Å². The molecule has 34 heavy (non-hydrogen) atoms. The number of ketones is 1. The molecule has 0 aliphatic carbocycles. The van der Waals surface area contributed by atoms with E-state index >= 15 is 0 Å². The lowest BCUT2D eigenvalue weighted by atomic mass is 9.96. The van der Waals surface area contributed by atoms with Gasteiger partial charge in [0.25, 0.3) is 0 Å². The molecule has 2 heterocycles. The largest absolute Gasteiger partial charge is 0.494 e. The molecular weight excluding hydrogens is 496 g/mol. The van der Waals surface area contributed by atoms with Crippen LogP contribution in [-0.2, 0) is 0 Å². The number of halogens is 1. The summed E-state index contributed by atoms with van der Waals surface area (Å²) in [5.41, 5.74) is 3.02. The molecule has 0 unspecified atom stereocenters. The lowest BCUT2D eigenvalue weighted by molar-refractivity contribution is 0.101. The molecule has 0 saturated carbocycles.